The topological polar surface area (TPSA) is 56.3 Å². The molecule has 1 aromatic carbocycles. The van der Waals surface area contributed by atoms with Gasteiger partial charge in [-0.2, -0.15) is 4.37 Å². The van der Waals surface area contributed by atoms with E-state index in [9.17, 15) is 9.59 Å². The summed E-state index contributed by atoms with van der Waals surface area (Å²) in [5.41, 5.74) is 0. The van der Waals surface area contributed by atoms with Crippen molar-refractivity contribution in [1.82, 2.24) is 4.37 Å². The highest BCUT2D eigenvalue weighted by Gasteiger charge is 1.90. The largest absolute Gasteiger partial charge is 0.455 e. The average molecular weight is 249 g/mol. The van der Waals surface area contributed by atoms with Gasteiger partial charge in [-0.25, -0.2) is 4.79 Å². The highest BCUT2D eigenvalue weighted by atomic mass is 32.1. The van der Waals surface area contributed by atoms with Gasteiger partial charge in [0, 0.05) is 17.7 Å². The quantitative estimate of drug-likeness (QED) is 0.475. The molecule has 0 aliphatic heterocycles. The van der Waals surface area contributed by atoms with E-state index in [1.807, 2.05) is 18.3 Å². The molecule has 5 heteroatoms. The van der Waals surface area contributed by atoms with Crippen LogP contribution in [0.15, 0.2) is 43.1 Å². The summed E-state index contributed by atoms with van der Waals surface area (Å²) in [6.07, 6.45) is 3.39. The van der Waals surface area contributed by atoms with Crippen molar-refractivity contribution in [3.63, 3.8) is 0 Å². The van der Waals surface area contributed by atoms with Gasteiger partial charge in [-0.15, -0.1) is 0 Å². The first-order chi connectivity index (χ1) is 8.27. The van der Waals surface area contributed by atoms with Crippen molar-refractivity contribution < 1.29 is 14.3 Å². The molecule has 0 saturated carbocycles. The van der Waals surface area contributed by atoms with Crippen LogP contribution in [0.1, 0.15) is 0 Å². The summed E-state index contributed by atoms with van der Waals surface area (Å²) in [6.45, 7) is 2.93. The maximum atomic E-state index is 10.1. The summed E-state index contributed by atoms with van der Waals surface area (Å²) in [7, 11) is 0. The summed E-state index contributed by atoms with van der Waals surface area (Å²) >= 11 is 1.54. The van der Waals surface area contributed by atoms with Crippen LogP contribution in [0.3, 0.4) is 0 Å². The second kappa shape index (κ2) is 7.29. The van der Waals surface area contributed by atoms with E-state index in [-0.39, 0.29) is 6.61 Å². The van der Waals surface area contributed by atoms with Gasteiger partial charge in [0.05, 0.1) is 4.70 Å². The van der Waals surface area contributed by atoms with Gasteiger partial charge in [-0.05, 0) is 17.6 Å². The molecule has 0 bridgehead atoms. The molecule has 2 aromatic rings. The highest BCUT2D eigenvalue weighted by Crippen LogP contribution is 2.15. The van der Waals surface area contributed by atoms with E-state index in [2.05, 4.69) is 27.8 Å². The van der Waals surface area contributed by atoms with E-state index in [1.165, 1.54) is 21.6 Å². The highest BCUT2D eigenvalue weighted by molar-refractivity contribution is 7.13. The fraction of sp³-hybridized carbons (Fsp3) is 0.0833. The van der Waals surface area contributed by atoms with Gasteiger partial charge in [0.2, 0.25) is 0 Å². The molecular formula is C12H11NO3S. The molecule has 0 fully saturated rings. The smallest absolute Gasteiger partial charge is 0.330 e. The number of aldehydes is 1. The first kappa shape index (κ1) is 13.1. The molecule has 0 saturated heterocycles. The Morgan fingerprint density at radius 2 is 2.24 bits per heavy atom. The van der Waals surface area contributed by atoms with Gasteiger partial charge in [0.25, 0.3) is 0 Å². The zero-order valence-corrected chi connectivity index (χ0v) is 9.85. The van der Waals surface area contributed by atoms with Gasteiger partial charge in [0.1, 0.15) is 6.61 Å². The minimum Gasteiger partial charge on any atom is -0.455 e. The second-order valence-corrected chi connectivity index (χ2v) is 3.70. The Morgan fingerprint density at radius 1 is 1.47 bits per heavy atom. The van der Waals surface area contributed by atoms with Crippen LogP contribution in [0, 0.1) is 0 Å². The summed E-state index contributed by atoms with van der Waals surface area (Å²) in [6, 6.07) is 8.20. The Hall–Kier alpha value is -2.01. The Bertz CT molecular complexity index is 477. The van der Waals surface area contributed by atoms with Crippen LogP contribution in [0.25, 0.3) is 10.1 Å². The van der Waals surface area contributed by atoms with Crippen LogP contribution in [-0.4, -0.2) is 23.2 Å². The Morgan fingerprint density at radius 3 is 2.88 bits per heavy atom. The predicted molar refractivity (Wildman–Crippen MR) is 66.8 cm³/mol. The molecule has 0 atom stereocenters. The number of fused-ring (bicyclic) bond motifs is 1. The molecule has 0 spiro atoms. The zero-order chi connectivity index (χ0) is 12.5. The standard InChI is InChI=1S/C7H5NS.C5H6O3/c1-2-4-7-6(3-1)5-8-9-7;1-2-5(7)8-4-3-6/h1-5H;2-3H,1,4H2. The van der Waals surface area contributed by atoms with Crippen molar-refractivity contribution in [3.8, 4) is 0 Å². The van der Waals surface area contributed by atoms with Crippen LogP contribution in [0.5, 0.6) is 0 Å². The molecule has 4 nitrogen and oxygen atoms in total. The summed E-state index contributed by atoms with van der Waals surface area (Å²) < 4.78 is 9.52. The molecule has 0 radical (unpaired) electrons. The summed E-state index contributed by atoms with van der Waals surface area (Å²) in [5, 5.41) is 1.24. The average Bonchev–Trinajstić information content (AvgIpc) is 2.85. The van der Waals surface area contributed by atoms with E-state index in [1.54, 1.807) is 0 Å². The molecule has 88 valence electrons. The van der Waals surface area contributed by atoms with E-state index in [0.717, 1.165) is 6.08 Å². The Labute approximate surface area is 103 Å². The van der Waals surface area contributed by atoms with Gasteiger partial charge >= 0.3 is 5.97 Å². The summed E-state index contributed by atoms with van der Waals surface area (Å²) in [5.74, 6) is -0.572. The number of carbonyl (C=O) groups is 2. The molecule has 0 aliphatic carbocycles. The minimum absolute atomic E-state index is 0.190. The first-order valence-electron chi connectivity index (χ1n) is 4.80. The molecule has 1 heterocycles. The van der Waals surface area contributed by atoms with Crippen molar-refractivity contribution in [1.29, 1.82) is 0 Å². The summed E-state index contributed by atoms with van der Waals surface area (Å²) in [4.78, 5) is 19.6. The van der Waals surface area contributed by atoms with Crippen molar-refractivity contribution in [3.05, 3.63) is 43.1 Å². The molecule has 1 aromatic heterocycles. The predicted octanol–water partition coefficient (Wildman–Crippen LogP) is 2.21. The molecule has 17 heavy (non-hydrogen) atoms. The first-order valence-corrected chi connectivity index (χ1v) is 5.57. The lowest BCUT2D eigenvalue weighted by Crippen LogP contribution is -2.01. The lowest BCUT2D eigenvalue weighted by molar-refractivity contribution is -0.140. The van der Waals surface area contributed by atoms with E-state index in [4.69, 9.17) is 0 Å². The fourth-order valence-corrected chi connectivity index (χ4v) is 1.63. The molecule has 0 unspecified atom stereocenters. The number of ether oxygens (including phenoxy) is 1. The third-order valence-electron chi connectivity index (χ3n) is 1.72. The van der Waals surface area contributed by atoms with E-state index < -0.39 is 5.97 Å². The Kier molecular flexibility index (Phi) is 5.60. The fourth-order valence-electron chi connectivity index (χ4n) is 0.985. The number of aromatic nitrogens is 1. The normalized spacial score (nSPS) is 8.94. The molecule has 0 amide bonds. The van der Waals surface area contributed by atoms with Crippen molar-refractivity contribution in [2.75, 3.05) is 6.61 Å². The molecule has 0 N–H and O–H groups in total. The number of hydrogen-bond donors (Lipinski definition) is 0. The SMILES string of the molecule is C=CC(=O)OCC=O.c1ccc2sncc2c1. The van der Waals surface area contributed by atoms with Crippen molar-refractivity contribution in [2.24, 2.45) is 0 Å². The zero-order valence-electron chi connectivity index (χ0n) is 9.04. The van der Waals surface area contributed by atoms with Gasteiger partial charge < -0.3 is 4.74 Å². The lowest BCUT2D eigenvalue weighted by atomic mass is 10.3. The van der Waals surface area contributed by atoms with E-state index in [0.29, 0.717) is 6.29 Å². The lowest BCUT2D eigenvalue weighted by Gasteiger charge is -1.90. The number of benzene rings is 1. The Balaban J connectivity index is 0.000000172. The molecular weight excluding hydrogens is 238 g/mol. The number of hydrogen-bond acceptors (Lipinski definition) is 5. The monoisotopic (exact) mass is 249 g/mol. The van der Waals surface area contributed by atoms with Crippen LogP contribution in [0.4, 0.5) is 0 Å². The second-order valence-electron chi connectivity index (χ2n) is 2.86. The van der Waals surface area contributed by atoms with Crippen LogP contribution >= 0.6 is 11.5 Å². The van der Waals surface area contributed by atoms with Crippen LogP contribution in [0.2, 0.25) is 0 Å². The van der Waals surface area contributed by atoms with Crippen molar-refractivity contribution in [2.45, 2.75) is 0 Å². The maximum Gasteiger partial charge on any atom is 0.330 e. The third-order valence-corrected chi connectivity index (χ3v) is 2.50. The minimum atomic E-state index is -0.572. The maximum absolute atomic E-state index is 10.1. The van der Waals surface area contributed by atoms with Gasteiger partial charge in [-0.1, -0.05) is 24.8 Å². The molecule has 2 rings (SSSR count). The number of carbonyl (C=O) groups excluding carboxylic acids is 2. The molecule has 0 aliphatic rings. The van der Waals surface area contributed by atoms with Crippen molar-refractivity contribution >= 4 is 33.9 Å². The number of esters is 1. The third kappa shape index (κ3) is 4.56. The van der Waals surface area contributed by atoms with Crippen LogP contribution < -0.4 is 0 Å². The van der Waals surface area contributed by atoms with Gasteiger partial charge in [0.15, 0.2) is 6.29 Å². The van der Waals surface area contributed by atoms with Gasteiger partial charge in [-0.3, -0.25) is 4.79 Å². The van der Waals surface area contributed by atoms with E-state index >= 15 is 0 Å². The van der Waals surface area contributed by atoms with Crippen LogP contribution in [-0.2, 0) is 14.3 Å². The number of nitrogens with zero attached hydrogens (tertiary/aromatic N) is 1. The number of rotatable bonds is 3.